The van der Waals surface area contributed by atoms with E-state index in [0.717, 1.165) is 13.1 Å². The van der Waals surface area contributed by atoms with Crippen molar-refractivity contribution in [3.8, 4) is 0 Å². The minimum Gasteiger partial charge on any atom is -0.379 e. The maximum atomic E-state index is 12.0. The molecule has 0 bridgehead atoms. The Morgan fingerprint density at radius 2 is 1.64 bits per heavy atom. The average Bonchev–Trinajstić information content (AvgIpc) is 2.56. The van der Waals surface area contributed by atoms with Gasteiger partial charge >= 0.3 is 0 Å². The number of hydrogen-bond donors (Lipinski definition) is 3. The van der Waals surface area contributed by atoms with Gasteiger partial charge in [0.2, 0.25) is 11.8 Å². The molecule has 9 heteroatoms. The number of ether oxygens (including phenoxy) is 1. The molecule has 2 rings (SSSR count). The average molecular weight is 393 g/mol. The highest BCUT2D eigenvalue weighted by Crippen LogP contribution is 2.14. The predicted molar refractivity (Wildman–Crippen MR) is 104 cm³/mol. The van der Waals surface area contributed by atoms with Gasteiger partial charge in [-0.2, -0.15) is 0 Å². The summed E-state index contributed by atoms with van der Waals surface area (Å²) in [6.45, 7) is 5.33. The molecule has 25 heavy (non-hydrogen) atoms. The van der Waals surface area contributed by atoms with Crippen LogP contribution >= 0.6 is 24.8 Å². The molecule has 0 aromatic heterocycles. The zero-order valence-corrected chi connectivity index (χ0v) is 15.8. The minimum atomic E-state index is -0.233. The van der Waals surface area contributed by atoms with Gasteiger partial charge < -0.3 is 21.1 Å². The van der Waals surface area contributed by atoms with Gasteiger partial charge in [-0.05, 0) is 24.3 Å². The summed E-state index contributed by atoms with van der Waals surface area (Å²) in [5.41, 5.74) is 6.85. The molecule has 1 aliphatic heterocycles. The van der Waals surface area contributed by atoms with Crippen LogP contribution in [0.4, 0.5) is 11.4 Å². The number of morpholine rings is 1. The largest absolute Gasteiger partial charge is 0.379 e. The Morgan fingerprint density at radius 1 is 1.12 bits per heavy atom. The van der Waals surface area contributed by atoms with Crippen molar-refractivity contribution < 1.29 is 14.3 Å². The fraction of sp³-hybridized carbons (Fsp3) is 0.500. The fourth-order valence-electron chi connectivity index (χ4n) is 2.17. The number of amides is 2. The van der Waals surface area contributed by atoms with Crippen LogP contribution in [0, 0.1) is 5.92 Å². The number of rotatable bonds is 6. The molecule has 4 N–H and O–H groups in total. The molecule has 1 aromatic carbocycles. The molecule has 7 nitrogen and oxygen atoms in total. The molecular weight excluding hydrogens is 367 g/mol. The van der Waals surface area contributed by atoms with Crippen LogP contribution in [0.5, 0.6) is 0 Å². The van der Waals surface area contributed by atoms with Crippen molar-refractivity contribution in [1.29, 1.82) is 0 Å². The SMILES string of the molecule is CC(CN)C(=O)Nc1ccc(NC(=O)CN2CCOCC2)cc1.Cl.Cl. The second kappa shape index (κ2) is 12.1. The summed E-state index contributed by atoms with van der Waals surface area (Å²) in [4.78, 5) is 25.8. The third-order valence-corrected chi connectivity index (χ3v) is 3.71. The van der Waals surface area contributed by atoms with Crippen LogP contribution in [0.3, 0.4) is 0 Å². The number of benzene rings is 1. The minimum absolute atomic E-state index is 0. The lowest BCUT2D eigenvalue weighted by Crippen LogP contribution is -2.41. The summed E-state index contributed by atoms with van der Waals surface area (Å²) in [5, 5.41) is 5.63. The monoisotopic (exact) mass is 392 g/mol. The lowest BCUT2D eigenvalue weighted by molar-refractivity contribution is -0.119. The molecule has 0 spiro atoms. The Hall–Kier alpha value is -1.38. The predicted octanol–water partition coefficient (Wildman–Crippen LogP) is 1.33. The Kier molecular flexibility index (Phi) is 11.4. The molecule has 1 heterocycles. The topological polar surface area (TPSA) is 96.7 Å². The van der Waals surface area contributed by atoms with E-state index < -0.39 is 0 Å². The summed E-state index contributed by atoms with van der Waals surface area (Å²) < 4.78 is 5.25. The van der Waals surface area contributed by atoms with Crippen LogP contribution in [0.1, 0.15) is 6.92 Å². The number of anilines is 2. The quantitative estimate of drug-likeness (QED) is 0.678. The van der Waals surface area contributed by atoms with Crippen LogP contribution in [-0.4, -0.2) is 56.1 Å². The second-order valence-electron chi connectivity index (χ2n) is 5.64. The smallest absolute Gasteiger partial charge is 0.238 e. The van der Waals surface area contributed by atoms with Crippen molar-refractivity contribution >= 4 is 48.0 Å². The van der Waals surface area contributed by atoms with E-state index in [2.05, 4.69) is 15.5 Å². The third-order valence-electron chi connectivity index (χ3n) is 3.71. The van der Waals surface area contributed by atoms with E-state index in [0.29, 0.717) is 37.7 Å². The molecular formula is C16H26Cl2N4O3. The zero-order chi connectivity index (χ0) is 16.7. The van der Waals surface area contributed by atoms with Crippen molar-refractivity contribution in [3.63, 3.8) is 0 Å². The fourth-order valence-corrected chi connectivity index (χ4v) is 2.17. The maximum Gasteiger partial charge on any atom is 0.238 e. The molecule has 1 atom stereocenters. The standard InChI is InChI=1S/C16H24N4O3.2ClH/c1-12(10-17)16(22)19-14-4-2-13(3-5-14)18-15(21)11-20-6-8-23-9-7-20;;/h2-5,12H,6-11,17H2,1H3,(H,18,21)(H,19,22);2*1H. The molecule has 2 amide bonds. The summed E-state index contributed by atoms with van der Waals surface area (Å²) in [5.74, 6) is -0.403. The highest BCUT2D eigenvalue weighted by atomic mass is 35.5. The molecule has 142 valence electrons. The molecule has 1 aliphatic rings. The highest BCUT2D eigenvalue weighted by molar-refractivity contribution is 5.94. The van der Waals surface area contributed by atoms with Crippen LogP contribution in [0.15, 0.2) is 24.3 Å². The van der Waals surface area contributed by atoms with E-state index in [1.165, 1.54) is 0 Å². The molecule has 1 fully saturated rings. The molecule has 1 saturated heterocycles. The molecule has 1 unspecified atom stereocenters. The van der Waals surface area contributed by atoms with Gasteiger partial charge in [0.25, 0.3) is 0 Å². The van der Waals surface area contributed by atoms with Crippen LogP contribution in [0.2, 0.25) is 0 Å². The van der Waals surface area contributed by atoms with Gasteiger partial charge in [-0.25, -0.2) is 0 Å². The van der Waals surface area contributed by atoms with Gasteiger partial charge in [0.1, 0.15) is 0 Å². The molecule has 1 aromatic rings. The normalized spacial score (nSPS) is 15.3. The molecule has 0 saturated carbocycles. The lowest BCUT2D eigenvalue weighted by atomic mass is 10.1. The van der Waals surface area contributed by atoms with E-state index in [-0.39, 0.29) is 42.5 Å². The van der Waals surface area contributed by atoms with Crippen LogP contribution < -0.4 is 16.4 Å². The third kappa shape index (κ3) is 8.02. The summed E-state index contributed by atoms with van der Waals surface area (Å²) >= 11 is 0. The van der Waals surface area contributed by atoms with E-state index in [1.54, 1.807) is 31.2 Å². The second-order valence-corrected chi connectivity index (χ2v) is 5.64. The first-order valence-electron chi connectivity index (χ1n) is 7.79. The van der Waals surface area contributed by atoms with E-state index >= 15 is 0 Å². The number of halogens is 2. The van der Waals surface area contributed by atoms with Crippen LogP contribution in [-0.2, 0) is 14.3 Å². The Labute approximate surface area is 160 Å². The summed E-state index contributed by atoms with van der Waals surface area (Å²) in [6, 6.07) is 7.04. The van der Waals surface area contributed by atoms with Gasteiger partial charge in [-0.1, -0.05) is 6.92 Å². The van der Waals surface area contributed by atoms with E-state index in [9.17, 15) is 9.59 Å². The number of nitrogens with one attached hydrogen (secondary N) is 2. The number of nitrogens with two attached hydrogens (primary N) is 1. The zero-order valence-electron chi connectivity index (χ0n) is 14.2. The Balaban J connectivity index is 0.00000288. The maximum absolute atomic E-state index is 12.0. The van der Waals surface area contributed by atoms with Crippen molar-refractivity contribution in [3.05, 3.63) is 24.3 Å². The molecule has 0 aliphatic carbocycles. The first-order chi connectivity index (χ1) is 11.1. The van der Waals surface area contributed by atoms with Crippen LogP contribution in [0.25, 0.3) is 0 Å². The Morgan fingerprint density at radius 3 is 2.16 bits per heavy atom. The van der Waals surface area contributed by atoms with Gasteiger partial charge in [-0.3, -0.25) is 14.5 Å². The highest BCUT2D eigenvalue weighted by Gasteiger charge is 2.14. The number of nitrogens with zero attached hydrogens (tertiary/aromatic N) is 1. The number of carbonyl (C=O) groups is 2. The van der Waals surface area contributed by atoms with Gasteiger partial charge in [0, 0.05) is 36.9 Å². The van der Waals surface area contributed by atoms with Gasteiger partial charge in [-0.15, -0.1) is 24.8 Å². The van der Waals surface area contributed by atoms with Crippen molar-refractivity contribution in [2.75, 3.05) is 50.0 Å². The first kappa shape index (κ1) is 23.6. The van der Waals surface area contributed by atoms with Gasteiger partial charge in [0.05, 0.1) is 19.8 Å². The van der Waals surface area contributed by atoms with E-state index in [4.69, 9.17) is 10.5 Å². The first-order valence-corrected chi connectivity index (χ1v) is 7.79. The van der Waals surface area contributed by atoms with E-state index in [1.807, 2.05) is 0 Å². The Bertz CT molecular complexity index is 537. The summed E-state index contributed by atoms with van der Waals surface area (Å²) in [7, 11) is 0. The number of hydrogen-bond acceptors (Lipinski definition) is 5. The van der Waals surface area contributed by atoms with Crippen molar-refractivity contribution in [1.82, 2.24) is 4.90 Å². The van der Waals surface area contributed by atoms with Gasteiger partial charge in [0.15, 0.2) is 0 Å². The molecule has 0 radical (unpaired) electrons. The van der Waals surface area contributed by atoms with Crippen molar-refractivity contribution in [2.45, 2.75) is 6.92 Å². The lowest BCUT2D eigenvalue weighted by Gasteiger charge is -2.25. The van der Waals surface area contributed by atoms with Crippen molar-refractivity contribution in [2.24, 2.45) is 11.7 Å². The number of carbonyl (C=O) groups excluding carboxylic acids is 2. The summed E-state index contributed by atoms with van der Waals surface area (Å²) in [6.07, 6.45) is 0.